The third-order valence-electron chi connectivity index (χ3n) is 4.06. The number of nitrogens with zero attached hydrogens (tertiary/aromatic N) is 2. The van der Waals surface area contributed by atoms with Crippen LogP contribution in [0, 0.1) is 5.82 Å². The monoisotopic (exact) mass is 384 g/mol. The lowest BCUT2D eigenvalue weighted by molar-refractivity contribution is 0.358. The first-order valence-corrected chi connectivity index (χ1v) is 9.21. The highest BCUT2D eigenvalue weighted by Crippen LogP contribution is 2.17. The number of aliphatic imine (C=N–C) groups is 1. The smallest absolute Gasteiger partial charge is 0.191 e. The van der Waals surface area contributed by atoms with Crippen LogP contribution in [0.2, 0.25) is 0 Å². The van der Waals surface area contributed by atoms with Gasteiger partial charge in [0.25, 0.3) is 0 Å². The average molecular weight is 384 g/mol. The number of rotatable bonds is 9. The van der Waals surface area contributed by atoms with E-state index in [1.54, 1.807) is 19.2 Å². The van der Waals surface area contributed by atoms with Crippen LogP contribution in [0.1, 0.15) is 16.7 Å². The van der Waals surface area contributed by atoms with Crippen molar-refractivity contribution in [1.29, 1.82) is 0 Å². The predicted octanol–water partition coefficient (Wildman–Crippen LogP) is 3.32. The van der Waals surface area contributed by atoms with Crippen LogP contribution in [-0.2, 0) is 19.6 Å². The minimum atomic E-state index is -0.184. The van der Waals surface area contributed by atoms with Crippen molar-refractivity contribution in [1.82, 2.24) is 15.5 Å². The Hall–Kier alpha value is -2.86. The van der Waals surface area contributed by atoms with Crippen molar-refractivity contribution in [3.8, 4) is 5.75 Å². The Labute approximate surface area is 166 Å². The molecule has 0 aliphatic rings. The molecule has 28 heavy (non-hydrogen) atoms. The summed E-state index contributed by atoms with van der Waals surface area (Å²) in [6.45, 7) is 5.83. The minimum Gasteiger partial charge on any atom is -0.489 e. The van der Waals surface area contributed by atoms with Crippen LogP contribution in [0.3, 0.4) is 0 Å². The number of guanidine groups is 1. The largest absolute Gasteiger partial charge is 0.489 e. The Bertz CT molecular complexity index is 805. The van der Waals surface area contributed by atoms with Gasteiger partial charge in [0.05, 0.1) is 0 Å². The van der Waals surface area contributed by atoms with E-state index in [1.165, 1.54) is 6.07 Å². The van der Waals surface area contributed by atoms with Crippen molar-refractivity contribution in [3.63, 3.8) is 0 Å². The van der Waals surface area contributed by atoms with Crippen LogP contribution in [0.5, 0.6) is 5.75 Å². The lowest BCUT2D eigenvalue weighted by Crippen LogP contribution is -2.36. The van der Waals surface area contributed by atoms with Gasteiger partial charge in [-0.3, -0.25) is 4.99 Å². The van der Waals surface area contributed by atoms with E-state index in [1.807, 2.05) is 49.3 Å². The molecule has 2 aromatic rings. The second kappa shape index (κ2) is 11.1. The molecule has 0 unspecified atom stereocenters. The molecule has 0 fully saturated rings. The quantitative estimate of drug-likeness (QED) is 0.396. The summed E-state index contributed by atoms with van der Waals surface area (Å²) in [7, 11) is 5.57. The van der Waals surface area contributed by atoms with Crippen LogP contribution in [0.4, 0.5) is 4.39 Å². The van der Waals surface area contributed by atoms with E-state index < -0.39 is 0 Å². The molecule has 0 saturated carbocycles. The Morgan fingerprint density at radius 1 is 1.14 bits per heavy atom. The summed E-state index contributed by atoms with van der Waals surface area (Å²) in [6, 6.07) is 13.0. The van der Waals surface area contributed by atoms with Gasteiger partial charge >= 0.3 is 0 Å². The molecule has 0 aliphatic heterocycles. The van der Waals surface area contributed by atoms with Crippen LogP contribution >= 0.6 is 0 Å². The van der Waals surface area contributed by atoms with E-state index in [-0.39, 0.29) is 5.82 Å². The van der Waals surface area contributed by atoms with Gasteiger partial charge < -0.3 is 20.3 Å². The fraction of sp³-hybridized carbons (Fsp3) is 0.318. The predicted molar refractivity (Wildman–Crippen MR) is 113 cm³/mol. The van der Waals surface area contributed by atoms with Crippen molar-refractivity contribution in [3.05, 3.63) is 77.6 Å². The first-order valence-electron chi connectivity index (χ1n) is 9.21. The Morgan fingerprint density at radius 2 is 1.89 bits per heavy atom. The molecule has 0 atom stereocenters. The second-order valence-corrected chi connectivity index (χ2v) is 6.65. The van der Waals surface area contributed by atoms with Crippen molar-refractivity contribution in [2.24, 2.45) is 4.99 Å². The van der Waals surface area contributed by atoms with Gasteiger partial charge in [0.15, 0.2) is 5.96 Å². The molecule has 2 aromatic carbocycles. The van der Waals surface area contributed by atoms with Crippen molar-refractivity contribution < 1.29 is 9.13 Å². The number of para-hydroxylation sites is 1. The van der Waals surface area contributed by atoms with Gasteiger partial charge in [-0.1, -0.05) is 36.9 Å². The minimum absolute atomic E-state index is 0.184. The van der Waals surface area contributed by atoms with Gasteiger partial charge in [-0.25, -0.2) is 4.39 Å². The van der Waals surface area contributed by atoms with Crippen LogP contribution in [0.25, 0.3) is 0 Å². The van der Waals surface area contributed by atoms with Gasteiger partial charge in [0, 0.05) is 37.8 Å². The standard InChI is InChI=1S/C22H29FN4O/c1-5-12-28-21-9-7-6-8-18(21)15-26-22(24-2)25-14-17-10-11-20(23)19(13-17)16-27(3)4/h5-11,13H,1,12,14-16H2,2-4H3,(H2,24,25,26). The zero-order valence-electron chi connectivity index (χ0n) is 16.8. The number of nitrogens with one attached hydrogen (secondary N) is 2. The number of hydrogen-bond donors (Lipinski definition) is 2. The molecule has 6 heteroatoms. The molecule has 0 spiro atoms. The maximum absolute atomic E-state index is 13.9. The molecule has 0 saturated heterocycles. The fourth-order valence-corrected chi connectivity index (χ4v) is 2.72. The normalized spacial score (nSPS) is 11.4. The van der Waals surface area contributed by atoms with Gasteiger partial charge in [0.2, 0.25) is 0 Å². The lowest BCUT2D eigenvalue weighted by Gasteiger charge is -2.15. The third kappa shape index (κ3) is 6.70. The summed E-state index contributed by atoms with van der Waals surface area (Å²) >= 11 is 0. The molecule has 5 nitrogen and oxygen atoms in total. The first kappa shape index (κ1) is 21.4. The summed E-state index contributed by atoms with van der Waals surface area (Å²) in [5.41, 5.74) is 2.71. The fourth-order valence-electron chi connectivity index (χ4n) is 2.72. The zero-order valence-corrected chi connectivity index (χ0v) is 16.8. The maximum atomic E-state index is 13.9. The molecular formula is C22H29FN4O. The van der Waals surface area contributed by atoms with Gasteiger partial charge in [-0.05, 0) is 37.9 Å². The van der Waals surface area contributed by atoms with E-state index in [2.05, 4.69) is 22.2 Å². The van der Waals surface area contributed by atoms with Crippen LogP contribution in [-0.4, -0.2) is 38.6 Å². The molecule has 0 radical (unpaired) electrons. The van der Waals surface area contributed by atoms with Crippen molar-refractivity contribution in [2.75, 3.05) is 27.7 Å². The summed E-state index contributed by atoms with van der Waals surface area (Å²) < 4.78 is 19.6. The van der Waals surface area contributed by atoms with E-state index in [4.69, 9.17) is 4.74 Å². The number of ether oxygens (including phenoxy) is 1. The Kier molecular flexibility index (Phi) is 8.49. The average Bonchev–Trinajstić information content (AvgIpc) is 2.69. The van der Waals surface area contributed by atoms with E-state index in [9.17, 15) is 4.39 Å². The van der Waals surface area contributed by atoms with Crippen molar-refractivity contribution in [2.45, 2.75) is 19.6 Å². The van der Waals surface area contributed by atoms with Crippen LogP contribution in [0.15, 0.2) is 60.1 Å². The molecule has 0 heterocycles. The Balaban J connectivity index is 1.94. The zero-order chi connectivity index (χ0) is 20.4. The lowest BCUT2D eigenvalue weighted by atomic mass is 10.1. The molecular weight excluding hydrogens is 355 g/mol. The van der Waals surface area contributed by atoms with Gasteiger partial charge in [-0.2, -0.15) is 0 Å². The summed E-state index contributed by atoms with van der Waals surface area (Å²) in [5, 5.41) is 6.55. The molecule has 0 bridgehead atoms. The second-order valence-electron chi connectivity index (χ2n) is 6.65. The number of halogens is 1. The molecule has 0 aliphatic carbocycles. The third-order valence-corrected chi connectivity index (χ3v) is 4.06. The van der Waals surface area contributed by atoms with Crippen molar-refractivity contribution >= 4 is 5.96 Å². The molecule has 2 N–H and O–H groups in total. The highest BCUT2D eigenvalue weighted by atomic mass is 19.1. The summed E-state index contributed by atoms with van der Waals surface area (Å²) in [6.07, 6.45) is 1.72. The molecule has 0 aromatic heterocycles. The van der Waals surface area contributed by atoms with Crippen LogP contribution < -0.4 is 15.4 Å². The first-order chi connectivity index (χ1) is 13.5. The van der Waals surface area contributed by atoms with E-state index in [0.29, 0.717) is 37.8 Å². The Morgan fingerprint density at radius 3 is 2.61 bits per heavy atom. The molecule has 2 rings (SSSR count). The van der Waals surface area contributed by atoms with Gasteiger partial charge in [0.1, 0.15) is 18.2 Å². The highest BCUT2D eigenvalue weighted by molar-refractivity contribution is 5.79. The maximum Gasteiger partial charge on any atom is 0.191 e. The summed E-state index contributed by atoms with van der Waals surface area (Å²) in [4.78, 5) is 6.20. The van der Waals surface area contributed by atoms with E-state index >= 15 is 0 Å². The molecule has 0 amide bonds. The number of hydrogen-bond acceptors (Lipinski definition) is 3. The molecule has 150 valence electrons. The highest BCUT2D eigenvalue weighted by Gasteiger charge is 2.07. The van der Waals surface area contributed by atoms with E-state index in [0.717, 1.165) is 16.9 Å². The van der Waals surface area contributed by atoms with Gasteiger partial charge in [-0.15, -0.1) is 0 Å². The SMILES string of the molecule is C=CCOc1ccccc1CNC(=NC)NCc1ccc(F)c(CN(C)C)c1. The number of benzene rings is 2. The summed E-state index contributed by atoms with van der Waals surface area (Å²) in [5.74, 6) is 1.30. The topological polar surface area (TPSA) is 48.9 Å².